The van der Waals surface area contributed by atoms with Crippen molar-refractivity contribution >= 4 is 21.6 Å². The number of hydrogen-bond donors (Lipinski definition) is 0. The molecule has 0 atom stereocenters. The summed E-state index contributed by atoms with van der Waals surface area (Å²) in [4.78, 5) is 10.3. The number of nitro benzene ring substituents is 1. The molecule has 1 aromatic rings. The number of benzene rings is 1. The van der Waals surface area contributed by atoms with Gasteiger partial charge in [-0.2, -0.15) is 0 Å². The van der Waals surface area contributed by atoms with Gasteiger partial charge in [0.25, 0.3) is 5.69 Å². The molecule has 1 rings (SSSR count). The Morgan fingerprint density at radius 2 is 2.31 bits per heavy atom. The first-order valence-corrected chi connectivity index (χ1v) is 5.56. The molecule has 0 aliphatic carbocycles. The Kier molecular flexibility index (Phi) is 5.14. The molecule has 0 aromatic heterocycles. The van der Waals surface area contributed by atoms with Gasteiger partial charge in [0, 0.05) is 6.07 Å². The maximum absolute atomic E-state index is 10.7. The largest absolute Gasteiger partial charge is 0.376 e. The molecule has 0 unspecified atom stereocenters. The van der Waals surface area contributed by atoms with Crippen LogP contribution in [-0.4, -0.2) is 11.5 Å². The van der Waals surface area contributed by atoms with Crippen molar-refractivity contribution in [2.24, 2.45) is 0 Å². The van der Waals surface area contributed by atoms with Crippen LogP contribution in [0.4, 0.5) is 5.69 Å². The number of nitrogens with zero attached hydrogens (tertiary/aromatic N) is 1. The van der Waals surface area contributed by atoms with E-state index in [2.05, 4.69) is 22.5 Å². The normalized spacial score (nSPS) is 10.1. The van der Waals surface area contributed by atoms with Crippen LogP contribution in [0.25, 0.3) is 0 Å². The molecular formula is C11H12BrNO3. The summed E-state index contributed by atoms with van der Waals surface area (Å²) in [6, 6.07) is 4.90. The van der Waals surface area contributed by atoms with E-state index in [0.717, 1.165) is 12.0 Å². The highest BCUT2D eigenvalue weighted by molar-refractivity contribution is 9.10. The highest BCUT2D eigenvalue weighted by Crippen LogP contribution is 2.28. The second-order valence-electron chi connectivity index (χ2n) is 3.14. The molecule has 0 bridgehead atoms. The van der Waals surface area contributed by atoms with Crippen LogP contribution in [0.5, 0.6) is 0 Å². The van der Waals surface area contributed by atoms with Crippen molar-refractivity contribution in [1.29, 1.82) is 0 Å². The SMILES string of the molecule is C=CCCOCc1cccc([N+](=O)[O-])c1Br. The second-order valence-corrected chi connectivity index (χ2v) is 3.93. The molecule has 16 heavy (non-hydrogen) atoms. The molecule has 0 spiro atoms. The third kappa shape index (κ3) is 3.43. The maximum atomic E-state index is 10.7. The fourth-order valence-corrected chi connectivity index (χ4v) is 1.69. The van der Waals surface area contributed by atoms with Crippen molar-refractivity contribution in [2.45, 2.75) is 13.0 Å². The van der Waals surface area contributed by atoms with E-state index in [4.69, 9.17) is 4.74 Å². The van der Waals surface area contributed by atoms with Crippen molar-refractivity contribution in [3.8, 4) is 0 Å². The molecule has 4 nitrogen and oxygen atoms in total. The highest BCUT2D eigenvalue weighted by Gasteiger charge is 2.14. The van der Waals surface area contributed by atoms with Crippen molar-refractivity contribution < 1.29 is 9.66 Å². The zero-order chi connectivity index (χ0) is 12.0. The average molecular weight is 286 g/mol. The van der Waals surface area contributed by atoms with E-state index in [0.29, 0.717) is 17.7 Å². The Balaban J connectivity index is 2.69. The fraction of sp³-hybridized carbons (Fsp3) is 0.273. The second kappa shape index (κ2) is 6.40. The van der Waals surface area contributed by atoms with Crippen molar-refractivity contribution in [3.63, 3.8) is 0 Å². The highest BCUT2D eigenvalue weighted by atomic mass is 79.9. The lowest BCUT2D eigenvalue weighted by Crippen LogP contribution is -1.98. The van der Waals surface area contributed by atoms with Gasteiger partial charge in [0.2, 0.25) is 0 Å². The molecule has 0 aliphatic rings. The van der Waals surface area contributed by atoms with E-state index in [9.17, 15) is 10.1 Å². The van der Waals surface area contributed by atoms with Crippen molar-refractivity contribution in [2.75, 3.05) is 6.61 Å². The fourth-order valence-electron chi connectivity index (χ4n) is 1.17. The number of rotatable bonds is 6. The summed E-state index contributed by atoms with van der Waals surface area (Å²) in [5.41, 5.74) is 0.836. The van der Waals surface area contributed by atoms with Crippen LogP contribution in [-0.2, 0) is 11.3 Å². The van der Waals surface area contributed by atoms with Crippen LogP contribution < -0.4 is 0 Å². The van der Waals surface area contributed by atoms with Crippen molar-refractivity contribution in [3.05, 3.63) is 51.0 Å². The first-order valence-electron chi connectivity index (χ1n) is 4.77. The predicted molar refractivity (Wildman–Crippen MR) is 65.3 cm³/mol. The number of hydrogen-bond acceptors (Lipinski definition) is 3. The van der Waals surface area contributed by atoms with Gasteiger partial charge in [-0.05, 0) is 27.9 Å². The lowest BCUT2D eigenvalue weighted by atomic mass is 10.2. The predicted octanol–water partition coefficient (Wildman–Crippen LogP) is 3.45. The summed E-state index contributed by atoms with van der Waals surface area (Å²) in [7, 11) is 0. The summed E-state index contributed by atoms with van der Waals surface area (Å²) in [5.74, 6) is 0. The first kappa shape index (κ1) is 12.9. The summed E-state index contributed by atoms with van der Waals surface area (Å²) >= 11 is 3.21. The van der Waals surface area contributed by atoms with Gasteiger partial charge in [0.05, 0.1) is 18.1 Å². The first-order chi connectivity index (χ1) is 7.66. The smallest absolute Gasteiger partial charge is 0.283 e. The molecule has 86 valence electrons. The number of ether oxygens (including phenoxy) is 1. The van der Waals surface area contributed by atoms with Gasteiger partial charge >= 0.3 is 0 Å². The molecular weight excluding hydrogens is 274 g/mol. The topological polar surface area (TPSA) is 52.4 Å². The van der Waals surface area contributed by atoms with E-state index in [1.54, 1.807) is 18.2 Å². The van der Waals surface area contributed by atoms with E-state index in [1.165, 1.54) is 6.07 Å². The zero-order valence-corrected chi connectivity index (χ0v) is 10.3. The third-order valence-electron chi connectivity index (χ3n) is 1.98. The zero-order valence-electron chi connectivity index (χ0n) is 8.69. The molecule has 0 saturated carbocycles. The van der Waals surface area contributed by atoms with Gasteiger partial charge in [0.15, 0.2) is 0 Å². The summed E-state index contributed by atoms with van der Waals surface area (Å²) < 4.78 is 5.84. The van der Waals surface area contributed by atoms with Gasteiger partial charge in [-0.3, -0.25) is 10.1 Å². The summed E-state index contributed by atoms with van der Waals surface area (Å²) in [6.45, 7) is 4.51. The Morgan fingerprint density at radius 1 is 1.56 bits per heavy atom. The van der Waals surface area contributed by atoms with Crippen molar-refractivity contribution in [1.82, 2.24) is 0 Å². The van der Waals surface area contributed by atoms with Gasteiger partial charge < -0.3 is 4.74 Å². The molecule has 0 radical (unpaired) electrons. The van der Waals surface area contributed by atoms with Crippen LogP contribution >= 0.6 is 15.9 Å². The molecule has 0 saturated heterocycles. The number of halogens is 1. The third-order valence-corrected chi connectivity index (χ3v) is 2.89. The minimum atomic E-state index is -0.419. The molecule has 1 aromatic carbocycles. The monoisotopic (exact) mass is 285 g/mol. The van der Waals surface area contributed by atoms with Crippen LogP contribution in [0.1, 0.15) is 12.0 Å². The lowest BCUT2D eigenvalue weighted by molar-refractivity contribution is -0.385. The molecule has 0 amide bonds. The molecule has 0 heterocycles. The minimum absolute atomic E-state index is 0.0600. The molecule has 0 aliphatic heterocycles. The van der Waals surface area contributed by atoms with Gasteiger partial charge in [-0.1, -0.05) is 18.2 Å². The average Bonchev–Trinajstić information content (AvgIpc) is 2.26. The molecule has 0 N–H and O–H groups in total. The summed E-state index contributed by atoms with van der Waals surface area (Å²) in [6.07, 6.45) is 2.54. The van der Waals surface area contributed by atoms with Gasteiger partial charge in [-0.15, -0.1) is 6.58 Å². The van der Waals surface area contributed by atoms with E-state index >= 15 is 0 Å². The van der Waals surface area contributed by atoms with Gasteiger partial charge in [-0.25, -0.2) is 0 Å². The van der Waals surface area contributed by atoms with E-state index < -0.39 is 4.92 Å². The number of nitro groups is 1. The molecule has 0 fully saturated rings. The minimum Gasteiger partial charge on any atom is -0.376 e. The van der Waals surface area contributed by atoms with Gasteiger partial charge in [0.1, 0.15) is 4.47 Å². The van der Waals surface area contributed by atoms with Crippen LogP contribution in [0, 0.1) is 10.1 Å². The van der Waals surface area contributed by atoms with Crippen LogP contribution in [0.2, 0.25) is 0 Å². The molecule has 5 heteroatoms. The standard InChI is InChI=1S/C11H12BrNO3/c1-2-3-7-16-8-9-5-4-6-10(11(9)12)13(14)15/h2,4-6H,1,3,7-8H2. The van der Waals surface area contributed by atoms with E-state index in [1.807, 2.05) is 0 Å². The maximum Gasteiger partial charge on any atom is 0.283 e. The van der Waals surface area contributed by atoms with E-state index in [-0.39, 0.29) is 5.69 Å². The lowest BCUT2D eigenvalue weighted by Gasteiger charge is -2.05. The Hall–Kier alpha value is -1.20. The Bertz CT molecular complexity index is 393. The summed E-state index contributed by atoms with van der Waals surface area (Å²) in [5, 5.41) is 10.7. The Labute approximate surface area is 102 Å². The Morgan fingerprint density at radius 3 is 2.94 bits per heavy atom. The van der Waals surface area contributed by atoms with Crippen LogP contribution in [0.15, 0.2) is 35.3 Å². The van der Waals surface area contributed by atoms with Crippen LogP contribution in [0.3, 0.4) is 0 Å². The quantitative estimate of drug-likeness (QED) is 0.348.